The minimum absolute atomic E-state index is 0.269. The molecule has 0 aliphatic rings. The van der Waals surface area contributed by atoms with Crippen LogP contribution in [0.4, 0.5) is 0 Å². The van der Waals surface area contributed by atoms with Crippen molar-refractivity contribution < 1.29 is 23.8 Å². The molecule has 0 fully saturated rings. The van der Waals surface area contributed by atoms with Crippen LogP contribution < -0.4 is 9.47 Å². The number of para-hydroxylation sites is 1. The molecule has 148 valence electrons. The van der Waals surface area contributed by atoms with Gasteiger partial charge in [-0.2, -0.15) is 0 Å². The Kier molecular flexibility index (Phi) is 7.00. The third-order valence-electron chi connectivity index (χ3n) is 4.28. The van der Waals surface area contributed by atoms with E-state index in [-0.39, 0.29) is 24.4 Å². The number of ether oxygens (including phenoxy) is 3. The van der Waals surface area contributed by atoms with Gasteiger partial charge in [-0.3, -0.25) is 9.59 Å². The number of methoxy groups -OCH3 is 1. The number of esters is 1. The van der Waals surface area contributed by atoms with Crippen LogP contribution in [-0.4, -0.2) is 18.9 Å². The molecule has 0 radical (unpaired) electrons. The number of carbonyl (C=O) groups is 2. The molecule has 29 heavy (non-hydrogen) atoms. The molecule has 3 rings (SSSR count). The maximum Gasteiger partial charge on any atom is 0.313 e. The summed E-state index contributed by atoms with van der Waals surface area (Å²) in [5, 5.41) is 0. The topological polar surface area (TPSA) is 61.8 Å². The molecule has 3 aromatic rings. The maximum absolute atomic E-state index is 12.6. The Labute approximate surface area is 169 Å². The second-order valence-corrected chi connectivity index (χ2v) is 6.36. The summed E-state index contributed by atoms with van der Waals surface area (Å²) in [4.78, 5) is 24.2. The van der Waals surface area contributed by atoms with Gasteiger partial charge >= 0.3 is 5.97 Å². The Bertz CT molecular complexity index is 952. The molecule has 0 aromatic heterocycles. The highest BCUT2D eigenvalue weighted by molar-refractivity contribution is 6.08. The molecule has 0 saturated heterocycles. The van der Waals surface area contributed by atoms with E-state index in [2.05, 4.69) is 4.74 Å². The number of hydrogen-bond acceptors (Lipinski definition) is 5. The Morgan fingerprint density at radius 2 is 1.31 bits per heavy atom. The van der Waals surface area contributed by atoms with E-state index in [0.29, 0.717) is 18.1 Å². The predicted molar refractivity (Wildman–Crippen MR) is 109 cm³/mol. The number of benzene rings is 3. The van der Waals surface area contributed by atoms with Gasteiger partial charge in [0.1, 0.15) is 19.6 Å². The van der Waals surface area contributed by atoms with Crippen molar-refractivity contribution >= 4 is 11.8 Å². The van der Waals surface area contributed by atoms with E-state index in [0.717, 1.165) is 11.1 Å². The summed E-state index contributed by atoms with van der Waals surface area (Å²) in [7, 11) is 1.25. The zero-order chi connectivity index (χ0) is 20.5. The number of ketones is 1. The molecule has 0 spiro atoms. The lowest BCUT2D eigenvalue weighted by molar-refractivity contribution is -0.139. The molecule has 0 saturated carbocycles. The van der Waals surface area contributed by atoms with E-state index in [4.69, 9.17) is 9.47 Å². The molecule has 0 N–H and O–H groups in total. The zero-order valence-corrected chi connectivity index (χ0v) is 16.2. The lowest BCUT2D eigenvalue weighted by Crippen LogP contribution is -2.12. The second-order valence-electron chi connectivity index (χ2n) is 6.36. The lowest BCUT2D eigenvalue weighted by Gasteiger charge is -2.16. The summed E-state index contributed by atoms with van der Waals surface area (Å²) in [6.45, 7) is 0.599. The van der Waals surface area contributed by atoms with E-state index < -0.39 is 5.97 Å². The number of rotatable bonds is 9. The summed E-state index contributed by atoms with van der Waals surface area (Å²) in [6.07, 6.45) is -0.361. The fourth-order valence-corrected chi connectivity index (χ4v) is 2.76. The molecular weight excluding hydrogens is 368 g/mol. The van der Waals surface area contributed by atoms with Gasteiger partial charge in [-0.1, -0.05) is 66.7 Å². The van der Waals surface area contributed by atoms with Crippen molar-refractivity contribution in [2.45, 2.75) is 19.6 Å². The van der Waals surface area contributed by atoms with E-state index in [1.807, 2.05) is 60.7 Å². The van der Waals surface area contributed by atoms with E-state index >= 15 is 0 Å². The van der Waals surface area contributed by atoms with Crippen LogP contribution in [0.2, 0.25) is 0 Å². The van der Waals surface area contributed by atoms with E-state index in [9.17, 15) is 9.59 Å². The van der Waals surface area contributed by atoms with Gasteiger partial charge in [-0.05, 0) is 23.3 Å². The van der Waals surface area contributed by atoms with Gasteiger partial charge in [0.05, 0.1) is 12.7 Å². The van der Waals surface area contributed by atoms with Gasteiger partial charge in [-0.15, -0.1) is 0 Å². The number of carbonyl (C=O) groups excluding carboxylic acids is 2. The first kappa shape index (κ1) is 20.1. The quantitative estimate of drug-likeness (QED) is 0.304. The average Bonchev–Trinajstić information content (AvgIpc) is 2.77. The maximum atomic E-state index is 12.6. The highest BCUT2D eigenvalue weighted by Crippen LogP contribution is 2.33. The van der Waals surface area contributed by atoms with Crippen molar-refractivity contribution in [2.75, 3.05) is 7.11 Å². The van der Waals surface area contributed by atoms with Crippen LogP contribution in [0.1, 0.15) is 27.9 Å². The third kappa shape index (κ3) is 5.69. The minimum atomic E-state index is -0.598. The number of hydrogen-bond donors (Lipinski definition) is 0. The molecule has 0 aliphatic heterocycles. The molecule has 0 heterocycles. The third-order valence-corrected chi connectivity index (χ3v) is 4.28. The first-order valence-corrected chi connectivity index (χ1v) is 9.24. The molecule has 0 aliphatic carbocycles. The SMILES string of the molecule is COC(=O)CC(=O)c1cccc(OCc2ccccc2)c1OCc1ccccc1. The summed E-state index contributed by atoms with van der Waals surface area (Å²) >= 11 is 0. The molecule has 0 unspecified atom stereocenters. The second kappa shape index (κ2) is 10.1. The fourth-order valence-electron chi connectivity index (χ4n) is 2.76. The van der Waals surface area contributed by atoms with Crippen molar-refractivity contribution in [2.24, 2.45) is 0 Å². The predicted octanol–water partition coefficient (Wildman–Crippen LogP) is 4.59. The smallest absolute Gasteiger partial charge is 0.313 e. The monoisotopic (exact) mass is 390 g/mol. The van der Waals surface area contributed by atoms with Gasteiger partial charge < -0.3 is 14.2 Å². The van der Waals surface area contributed by atoms with Crippen LogP contribution >= 0.6 is 0 Å². The highest BCUT2D eigenvalue weighted by atomic mass is 16.5. The van der Waals surface area contributed by atoms with E-state index in [1.54, 1.807) is 18.2 Å². The van der Waals surface area contributed by atoms with Crippen LogP contribution in [-0.2, 0) is 22.7 Å². The normalized spacial score (nSPS) is 10.2. The summed E-state index contributed by atoms with van der Waals surface area (Å²) in [5.74, 6) is -0.216. The van der Waals surface area contributed by atoms with Crippen LogP contribution in [0.25, 0.3) is 0 Å². The lowest BCUT2D eigenvalue weighted by atomic mass is 10.1. The molecular formula is C24H22O5. The summed E-state index contributed by atoms with van der Waals surface area (Å²) in [5.41, 5.74) is 2.24. The average molecular weight is 390 g/mol. The van der Waals surface area contributed by atoms with Crippen LogP contribution in [0.15, 0.2) is 78.9 Å². The summed E-state index contributed by atoms with van der Waals surface area (Å²) < 4.78 is 16.5. The first-order valence-electron chi connectivity index (χ1n) is 9.24. The Hall–Kier alpha value is -3.60. The van der Waals surface area contributed by atoms with Gasteiger partial charge in [0, 0.05) is 0 Å². The highest BCUT2D eigenvalue weighted by Gasteiger charge is 2.20. The largest absolute Gasteiger partial charge is 0.485 e. The van der Waals surface area contributed by atoms with Crippen molar-refractivity contribution in [3.05, 3.63) is 95.6 Å². The number of Topliss-reactive ketones (excluding diaryl/α,β-unsaturated/α-hetero) is 1. The molecule has 0 amide bonds. The van der Waals surface area contributed by atoms with Crippen LogP contribution in [0, 0.1) is 0 Å². The fraction of sp³-hybridized carbons (Fsp3) is 0.167. The Morgan fingerprint density at radius 1 is 0.724 bits per heavy atom. The van der Waals surface area contributed by atoms with Gasteiger partial charge in [0.15, 0.2) is 17.3 Å². The molecule has 0 bridgehead atoms. The molecule has 5 nitrogen and oxygen atoms in total. The standard InChI is InChI=1S/C24H22O5/c1-27-23(26)15-21(25)20-13-8-14-22(28-16-18-9-4-2-5-10-18)24(20)29-17-19-11-6-3-7-12-19/h2-14H,15-17H2,1H3. The van der Waals surface area contributed by atoms with Crippen molar-refractivity contribution in [3.8, 4) is 11.5 Å². The van der Waals surface area contributed by atoms with Crippen molar-refractivity contribution in [3.63, 3.8) is 0 Å². The Morgan fingerprint density at radius 3 is 1.90 bits per heavy atom. The first-order chi connectivity index (χ1) is 14.2. The minimum Gasteiger partial charge on any atom is -0.485 e. The van der Waals surface area contributed by atoms with Crippen molar-refractivity contribution in [1.29, 1.82) is 0 Å². The van der Waals surface area contributed by atoms with Gasteiger partial charge in [0.25, 0.3) is 0 Å². The Balaban J connectivity index is 1.85. The molecule has 0 atom stereocenters. The molecule has 3 aromatic carbocycles. The zero-order valence-electron chi connectivity index (χ0n) is 16.2. The van der Waals surface area contributed by atoms with E-state index in [1.165, 1.54) is 7.11 Å². The van der Waals surface area contributed by atoms with Crippen LogP contribution in [0.3, 0.4) is 0 Å². The van der Waals surface area contributed by atoms with Gasteiger partial charge in [0.2, 0.25) is 0 Å². The van der Waals surface area contributed by atoms with Crippen LogP contribution in [0.5, 0.6) is 11.5 Å². The van der Waals surface area contributed by atoms with Gasteiger partial charge in [-0.25, -0.2) is 0 Å². The molecule has 5 heteroatoms. The summed E-state index contributed by atoms with van der Waals surface area (Å²) in [6, 6.07) is 24.4. The van der Waals surface area contributed by atoms with Crippen molar-refractivity contribution in [1.82, 2.24) is 0 Å².